The molecule has 0 amide bonds. The van der Waals surface area contributed by atoms with Gasteiger partial charge in [-0.25, -0.2) is 15.0 Å². The van der Waals surface area contributed by atoms with Crippen LogP contribution in [0.3, 0.4) is 0 Å². The molecular weight excluding hydrogens is 743 g/mol. The number of furan rings is 1. The fourth-order valence-corrected chi connectivity index (χ4v) is 8.27. The van der Waals surface area contributed by atoms with Crippen molar-refractivity contribution in [1.29, 1.82) is 0 Å². The van der Waals surface area contributed by atoms with Crippen molar-refractivity contribution in [3.63, 3.8) is 0 Å². The minimum absolute atomic E-state index is 0.623. The topological polar surface area (TPSA) is 51.8 Å². The van der Waals surface area contributed by atoms with E-state index >= 15 is 0 Å². The van der Waals surface area contributed by atoms with Crippen molar-refractivity contribution in [2.45, 2.75) is 0 Å². The first-order valence-electron chi connectivity index (χ1n) is 20.5. The molecule has 9 aromatic carbocycles. The molecule has 286 valence electrons. The molecule has 0 aliphatic rings. The number of nitrogens with zero attached hydrogens (tertiary/aromatic N) is 3. The van der Waals surface area contributed by atoms with E-state index in [1.165, 1.54) is 16.7 Å². The van der Waals surface area contributed by atoms with E-state index in [0.717, 1.165) is 77.6 Å². The zero-order chi connectivity index (χ0) is 40.5. The third-order valence-corrected chi connectivity index (χ3v) is 11.4. The van der Waals surface area contributed by atoms with Crippen LogP contribution in [0.15, 0.2) is 229 Å². The van der Waals surface area contributed by atoms with Crippen LogP contribution in [0.1, 0.15) is 0 Å². The zero-order valence-electron chi connectivity index (χ0n) is 33.1. The number of benzene rings is 9. The molecule has 0 radical (unpaired) electrons. The first-order chi connectivity index (χ1) is 30.2. The molecule has 0 bridgehead atoms. The van der Waals surface area contributed by atoms with Crippen LogP contribution in [0, 0.1) is 0 Å². The number of para-hydroxylation sites is 1. The highest BCUT2D eigenvalue weighted by atomic mass is 16.3. The Hall–Kier alpha value is -8.21. The summed E-state index contributed by atoms with van der Waals surface area (Å²) in [5.74, 6) is 1.88. The molecule has 2 heterocycles. The van der Waals surface area contributed by atoms with Crippen molar-refractivity contribution < 1.29 is 4.42 Å². The Bertz CT molecular complexity index is 3300. The lowest BCUT2D eigenvalue weighted by Gasteiger charge is -2.12. The van der Waals surface area contributed by atoms with Gasteiger partial charge in [0.1, 0.15) is 11.2 Å². The van der Waals surface area contributed by atoms with E-state index in [4.69, 9.17) is 19.4 Å². The largest absolute Gasteiger partial charge is 0.456 e. The molecule has 4 heteroatoms. The summed E-state index contributed by atoms with van der Waals surface area (Å²) >= 11 is 0. The highest BCUT2D eigenvalue weighted by Crippen LogP contribution is 2.38. The molecule has 0 unspecified atom stereocenters. The summed E-state index contributed by atoms with van der Waals surface area (Å²) in [6.07, 6.45) is 0. The van der Waals surface area contributed by atoms with Crippen LogP contribution in [0.25, 0.3) is 112 Å². The van der Waals surface area contributed by atoms with Crippen LogP contribution >= 0.6 is 0 Å². The van der Waals surface area contributed by atoms with Gasteiger partial charge in [0.15, 0.2) is 17.5 Å². The van der Waals surface area contributed by atoms with Crippen LogP contribution in [0.4, 0.5) is 0 Å². The minimum atomic E-state index is 0.623. The van der Waals surface area contributed by atoms with Gasteiger partial charge < -0.3 is 4.42 Å². The monoisotopic (exact) mass is 779 g/mol. The lowest BCUT2D eigenvalue weighted by Crippen LogP contribution is -2.01. The van der Waals surface area contributed by atoms with Crippen LogP contribution in [0.5, 0.6) is 0 Å². The molecule has 61 heavy (non-hydrogen) atoms. The van der Waals surface area contributed by atoms with Crippen LogP contribution in [0.2, 0.25) is 0 Å². The second-order valence-corrected chi connectivity index (χ2v) is 15.2. The Labute approximate surface area is 354 Å². The molecule has 0 saturated heterocycles. The Morgan fingerprint density at radius 1 is 0.230 bits per heavy atom. The van der Waals surface area contributed by atoms with Crippen molar-refractivity contribution in [1.82, 2.24) is 15.0 Å². The number of hydrogen-bond acceptors (Lipinski definition) is 4. The summed E-state index contributed by atoms with van der Waals surface area (Å²) in [6.45, 7) is 0. The number of aromatic nitrogens is 3. The molecule has 11 aromatic rings. The van der Waals surface area contributed by atoms with Gasteiger partial charge >= 0.3 is 0 Å². The van der Waals surface area contributed by atoms with Gasteiger partial charge in [0.2, 0.25) is 0 Å². The van der Waals surface area contributed by atoms with Crippen LogP contribution in [-0.2, 0) is 0 Å². The predicted octanol–water partition coefficient (Wildman–Crippen LogP) is 15.1. The molecule has 0 aliphatic heterocycles. The highest BCUT2D eigenvalue weighted by molar-refractivity contribution is 6.12. The fourth-order valence-electron chi connectivity index (χ4n) is 8.27. The summed E-state index contributed by atoms with van der Waals surface area (Å²) in [5.41, 5.74) is 16.0. The quantitative estimate of drug-likeness (QED) is 0.154. The summed E-state index contributed by atoms with van der Waals surface area (Å²) in [7, 11) is 0. The smallest absolute Gasteiger partial charge is 0.164 e. The van der Waals surface area contributed by atoms with Crippen molar-refractivity contribution in [2.75, 3.05) is 0 Å². The van der Waals surface area contributed by atoms with Gasteiger partial charge in [-0.15, -0.1) is 0 Å². The third-order valence-electron chi connectivity index (χ3n) is 11.4. The summed E-state index contributed by atoms with van der Waals surface area (Å²) in [6, 6.07) is 78.2. The summed E-state index contributed by atoms with van der Waals surface area (Å²) in [5, 5.41) is 2.29. The maximum absolute atomic E-state index is 6.15. The fraction of sp³-hybridized carbons (Fsp3) is 0. The molecule has 11 rings (SSSR count). The molecule has 0 saturated carbocycles. The van der Waals surface area contributed by atoms with Gasteiger partial charge in [-0.05, 0) is 67.8 Å². The average molecular weight is 780 g/mol. The first-order valence-corrected chi connectivity index (χ1v) is 20.5. The molecule has 2 aromatic heterocycles. The van der Waals surface area contributed by atoms with Gasteiger partial charge in [0, 0.05) is 27.5 Å². The van der Waals surface area contributed by atoms with Crippen LogP contribution < -0.4 is 0 Å². The van der Waals surface area contributed by atoms with E-state index < -0.39 is 0 Å². The number of rotatable bonds is 8. The van der Waals surface area contributed by atoms with Gasteiger partial charge in [-0.3, -0.25) is 0 Å². The lowest BCUT2D eigenvalue weighted by molar-refractivity contribution is 0.669. The van der Waals surface area contributed by atoms with E-state index in [1.807, 2.05) is 36.4 Å². The van der Waals surface area contributed by atoms with Crippen molar-refractivity contribution in [2.24, 2.45) is 0 Å². The molecular formula is C57H37N3O. The van der Waals surface area contributed by atoms with E-state index in [2.05, 4.69) is 188 Å². The van der Waals surface area contributed by atoms with Crippen LogP contribution in [-0.4, -0.2) is 15.0 Å². The van der Waals surface area contributed by atoms with Crippen molar-refractivity contribution >= 4 is 21.9 Å². The van der Waals surface area contributed by atoms with Crippen molar-refractivity contribution in [3.05, 3.63) is 224 Å². The standard InChI is InChI=1S/C57H37N3O/c1-3-12-38(13-4-1)39-28-34-46(35-29-39)55-58-56(60-57(59-55)50-17-8-7-16-48(50)44-14-5-2-6-15-44)47-36-30-43(31-37-47)41-24-22-40(23-25-41)42-26-32-45(33-27-42)49-19-11-21-53-54(49)51-18-9-10-20-52(51)61-53/h1-37H. The highest BCUT2D eigenvalue weighted by Gasteiger charge is 2.17. The van der Waals surface area contributed by atoms with E-state index in [-0.39, 0.29) is 0 Å². The molecule has 0 N–H and O–H groups in total. The van der Waals surface area contributed by atoms with E-state index in [1.54, 1.807) is 0 Å². The average Bonchev–Trinajstić information content (AvgIpc) is 3.74. The SMILES string of the molecule is c1ccc(-c2ccc(-c3nc(-c4ccc(-c5ccc(-c6ccc(-c7cccc8oc9ccccc9c78)cc6)cc5)cc4)nc(-c4ccccc4-c4ccccc4)n3)cc2)cc1. The molecule has 0 fully saturated rings. The maximum Gasteiger partial charge on any atom is 0.164 e. The maximum atomic E-state index is 6.15. The Balaban J connectivity index is 0.895. The number of hydrogen-bond donors (Lipinski definition) is 0. The zero-order valence-corrected chi connectivity index (χ0v) is 33.1. The molecule has 0 atom stereocenters. The third kappa shape index (κ3) is 6.96. The van der Waals surface area contributed by atoms with E-state index in [0.29, 0.717) is 17.5 Å². The van der Waals surface area contributed by atoms with Gasteiger partial charge in [-0.2, -0.15) is 0 Å². The van der Waals surface area contributed by atoms with E-state index in [9.17, 15) is 0 Å². The van der Waals surface area contributed by atoms with Crippen molar-refractivity contribution in [3.8, 4) is 89.8 Å². The normalized spacial score (nSPS) is 11.3. The Morgan fingerprint density at radius 2 is 0.590 bits per heavy atom. The predicted molar refractivity (Wildman–Crippen MR) is 251 cm³/mol. The minimum Gasteiger partial charge on any atom is -0.456 e. The Kier molecular flexibility index (Phi) is 9.14. The van der Waals surface area contributed by atoms with Gasteiger partial charge in [0.05, 0.1) is 0 Å². The summed E-state index contributed by atoms with van der Waals surface area (Å²) in [4.78, 5) is 15.3. The second kappa shape index (κ2) is 15.5. The van der Waals surface area contributed by atoms with Gasteiger partial charge in [0.25, 0.3) is 0 Å². The second-order valence-electron chi connectivity index (χ2n) is 15.2. The molecule has 4 nitrogen and oxygen atoms in total. The molecule has 0 aliphatic carbocycles. The first kappa shape index (κ1) is 35.9. The summed E-state index contributed by atoms with van der Waals surface area (Å²) < 4.78 is 6.15. The molecule has 0 spiro atoms. The lowest BCUT2D eigenvalue weighted by atomic mass is 9.96. The number of fused-ring (bicyclic) bond motifs is 3. The van der Waals surface area contributed by atoms with Gasteiger partial charge in [-0.1, -0.05) is 212 Å². The Morgan fingerprint density at radius 3 is 1.15 bits per heavy atom.